The fourth-order valence-electron chi connectivity index (χ4n) is 1.06. The molecule has 0 unspecified atom stereocenters. The maximum Gasteiger partial charge on any atom is 0.286 e. The molecular formula is C11H7Cl2NO3S. The molecule has 0 N–H and O–H groups in total. The normalized spacial score (nSPS) is 9.50. The first kappa shape index (κ1) is 14.8. The Morgan fingerprint density at radius 2 is 2.06 bits per heavy atom. The molecule has 0 radical (unpaired) electrons. The average Bonchev–Trinajstić information content (AvgIpc) is 2.28. The minimum Gasteiger partial charge on any atom is -0.288 e. The van der Waals surface area contributed by atoms with Gasteiger partial charge in [-0.1, -0.05) is 46.8 Å². The van der Waals surface area contributed by atoms with E-state index in [0.717, 1.165) is 17.8 Å². The van der Waals surface area contributed by atoms with Crippen LogP contribution in [-0.4, -0.2) is 15.8 Å². The number of hydrogen-bond acceptors (Lipinski definition) is 4. The van der Waals surface area contributed by atoms with Crippen LogP contribution in [0.3, 0.4) is 0 Å². The maximum absolute atomic E-state index is 10.8. The Bertz CT molecular complexity index is 563. The second kappa shape index (κ2) is 6.64. The van der Waals surface area contributed by atoms with Crippen LogP contribution >= 0.6 is 35.0 Å². The van der Waals surface area contributed by atoms with E-state index in [1.807, 2.05) is 0 Å². The third-order valence-electron chi connectivity index (χ3n) is 1.81. The van der Waals surface area contributed by atoms with E-state index in [1.54, 1.807) is 0 Å². The van der Waals surface area contributed by atoms with Gasteiger partial charge in [0.05, 0.1) is 20.7 Å². The van der Waals surface area contributed by atoms with E-state index < -0.39 is 4.92 Å². The molecule has 7 heteroatoms. The average molecular weight is 304 g/mol. The SMILES string of the molecule is CC(=O)SCC#Cc1cc(Cl)c(Cl)cc1[N+](=O)[O-]. The van der Waals surface area contributed by atoms with Crippen molar-refractivity contribution in [3.8, 4) is 11.8 Å². The van der Waals surface area contributed by atoms with Crippen molar-refractivity contribution in [3.63, 3.8) is 0 Å². The molecule has 94 valence electrons. The second-order valence-corrected chi connectivity index (χ2v) is 5.09. The minimum absolute atomic E-state index is 0.0621. The fourth-order valence-corrected chi connectivity index (χ4v) is 1.73. The van der Waals surface area contributed by atoms with Crippen molar-refractivity contribution in [1.82, 2.24) is 0 Å². The number of carbonyl (C=O) groups is 1. The summed E-state index contributed by atoms with van der Waals surface area (Å²) in [6.07, 6.45) is 0. The first-order chi connectivity index (χ1) is 8.41. The summed E-state index contributed by atoms with van der Waals surface area (Å²) in [5, 5.41) is 11.0. The van der Waals surface area contributed by atoms with Crippen molar-refractivity contribution < 1.29 is 9.72 Å². The first-order valence-electron chi connectivity index (χ1n) is 4.67. The number of hydrogen-bond donors (Lipinski definition) is 0. The van der Waals surface area contributed by atoms with Gasteiger partial charge in [-0.2, -0.15) is 0 Å². The third kappa shape index (κ3) is 4.22. The highest BCUT2D eigenvalue weighted by Crippen LogP contribution is 2.29. The Morgan fingerprint density at radius 1 is 1.44 bits per heavy atom. The quantitative estimate of drug-likeness (QED) is 0.476. The van der Waals surface area contributed by atoms with Crippen LogP contribution in [0, 0.1) is 22.0 Å². The lowest BCUT2D eigenvalue weighted by molar-refractivity contribution is -0.385. The van der Waals surface area contributed by atoms with E-state index >= 15 is 0 Å². The van der Waals surface area contributed by atoms with Gasteiger partial charge >= 0.3 is 0 Å². The number of benzene rings is 1. The van der Waals surface area contributed by atoms with Crippen molar-refractivity contribution in [2.24, 2.45) is 0 Å². The molecule has 0 saturated carbocycles. The highest BCUT2D eigenvalue weighted by atomic mass is 35.5. The Labute approximate surface area is 118 Å². The van der Waals surface area contributed by atoms with Crippen LogP contribution in [0.15, 0.2) is 12.1 Å². The van der Waals surface area contributed by atoms with E-state index in [9.17, 15) is 14.9 Å². The summed E-state index contributed by atoms with van der Waals surface area (Å²) in [7, 11) is 0. The highest BCUT2D eigenvalue weighted by Gasteiger charge is 2.15. The molecule has 0 atom stereocenters. The van der Waals surface area contributed by atoms with Crippen LogP contribution in [0.1, 0.15) is 12.5 Å². The summed E-state index contributed by atoms with van der Waals surface area (Å²) in [6.45, 7) is 1.42. The molecule has 0 saturated heterocycles. The number of nitro benzene ring substituents is 1. The molecule has 0 heterocycles. The van der Waals surface area contributed by atoms with E-state index in [-0.39, 0.29) is 32.2 Å². The topological polar surface area (TPSA) is 60.2 Å². The summed E-state index contributed by atoms with van der Waals surface area (Å²) >= 11 is 12.5. The molecule has 0 aromatic heterocycles. The van der Waals surface area contributed by atoms with Crippen molar-refractivity contribution in [2.75, 3.05) is 5.75 Å². The van der Waals surface area contributed by atoms with Gasteiger partial charge in [0.1, 0.15) is 5.56 Å². The monoisotopic (exact) mass is 303 g/mol. The molecule has 0 spiro atoms. The number of rotatable bonds is 2. The Hall–Kier alpha value is -1.22. The maximum atomic E-state index is 10.8. The molecule has 1 aromatic carbocycles. The minimum atomic E-state index is -0.579. The van der Waals surface area contributed by atoms with Crippen molar-refractivity contribution in [3.05, 3.63) is 37.9 Å². The summed E-state index contributed by atoms with van der Waals surface area (Å²) in [6, 6.07) is 2.50. The molecule has 0 amide bonds. The molecule has 1 aromatic rings. The standard InChI is InChI=1S/C11H7Cl2NO3S/c1-7(15)18-4-2-3-8-5-9(12)10(13)6-11(8)14(16)17/h5-6H,4H2,1H3. The van der Waals surface area contributed by atoms with Gasteiger partial charge in [-0.3, -0.25) is 14.9 Å². The number of halogens is 2. The van der Waals surface area contributed by atoms with Crippen molar-refractivity contribution in [1.29, 1.82) is 0 Å². The lowest BCUT2D eigenvalue weighted by atomic mass is 10.2. The van der Waals surface area contributed by atoms with E-state index in [1.165, 1.54) is 13.0 Å². The molecule has 1 rings (SSSR count). The van der Waals surface area contributed by atoms with E-state index in [0.29, 0.717) is 0 Å². The van der Waals surface area contributed by atoms with Crippen LogP contribution in [-0.2, 0) is 4.79 Å². The highest BCUT2D eigenvalue weighted by molar-refractivity contribution is 8.13. The molecular weight excluding hydrogens is 297 g/mol. The number of nitro groups is 1. The van der Waals surface area contributed by atoms with Gasteiger partial charge in [0.2, 0.25) is 0 Å². The Balaban J connectivity index is 3.03. The Morgan fingerprint density at radius 3 is 2.61 bits per heavy atom. The van der Waals surface area contributed by atoms with E-state index in [2.05, 4.69) is 11.8 Å². The van der Waals surface area contributed by atoms with Crippen molar-refractivity contribution in [2.45, 2.75) is 6.92 Å². The number of nitrogens with zero attached hydrogens (tertiary/aromatic N) is 1. The lowest BCUT2D eigenvalue weighted by Gasteiger charge is -1.99. The van der Waals surface area contributed by atoms with Gasteiger partial charge in [0, 0.05) is 13.0 Å². The second-order valence-electron chi connectivity index (χ2n) is 3.12. The van der Waals surface area contributed by atoms with Gasteiger partial charge in [-0.15, -0.1) is 0 Å². The number of carbonyl (C=O) groups excluding carboxylic acids is 1. The molecule has 0 aliphatic heterocycles. The van der Waals surface area contributed by atoms with Gasteiger partial charge in [0.15, 0.2) is 5.12 Å². The largest absolute Gasteiger partial charge is 0.288 e. The summed E-state index contributed by atoms with van der Waals surface area (Å²) in [4.78, 5) is 20.9. The fraction of sp³-hybridized carbons (Fsp3) is 0.182. The third-order valence-corrected chi connectivity index (χ3v) is 3.22. The number of thioether (sulfide) groups is 1. The zero-order valence-corrected chi connectivity index (χ0v) is 11.5. The molecule has 0 bridgehead atoms. The summed E-state index contributed by atoms with van der Waals surface area (Å²) < 4.78 is 0. The predicted octanol–water partition coefficient (Wildman–Crippen LogP) is 3.53. The summed E-state index contributed by atoms with van der Waals surface area (Å²) in [5.41, 5.74) is -0.0247. The molecule has 0 fully saturated rings. The van der Waals surface area contributed by atoms with Gasteiger partial charge in [0.25, 0.3) is 5.69 Å². The predicted molar refractivity (Wildman–Crippen MR) is 73.1 cm³/mol. The van der Waals surface area contributed by atoms with Crippen LogP contribution in [0.2, 0.25) is 10.0 Å². The van der Waals surface area contributed by atoms with Crippen molar-refractivity contribution >= 4 is 45.8 Å². The van der Waals surface area contributed by atoms with Crippen LogP contribution in [0.25, 0.3) is 0 Å². The smallest absolute Gasteiger partial charge is 0.286 e. The Kier molecular flexibility index (Phi) is 5.48. The van der Waals surface area contributed by atoms with Gasteiger partial charge < -0.3 is 0 Å². The molecule has 0 aliphatic rings. The molecule has 18 heavy (non-hydrogen) atoms. The van der Waals surface area contributed by atoms with Crippen LogP contribution in [0.4, 0.5) is 5.69 Å². The van der Waals surface area contributed by atoms with Crippen LogP contribution in [0.5, 0.6) is 0 Å². The zero-order valence-electron chi connectivity index (χ0n) is 9.20. The zero-order chi connectivity index (χ0) is 13.7. The van der Waals surface area contributed by atoms with Crippen LogP contribution < -0.4 is 0 Å². The first-order valence-corrected chi connectivity index (χ1v) is 6.41. The molecule has 0 aliphatic carbocycles. The van der Waals surface area contributed by atoms with Gasteiger partial charge in [-0.25, -0.2) is 0 Å². The summed E-state index contributed by atoms with van der Waals surface area (Å²) in [5.74, 6) is 5.54. The van der Waals surface area contributed by atoms with E-state index in [4.69, 9.17) is 23.2 Å². The van der Waals surface area contributed by atoms with Gasteiger partial charge in [-0.05, 0) is 6.07 Å². The lowest BCUT2D eigenvalue weighted by Crippen LogP contribution is -1.93. The molecule has 4 nitrogen and oxygen atoms in total.